The largest absolute Gasteiger partial charge is 0.322 e. The van der Waals surface area contributed by atoms with E-state index in [1.165, 1.54) is 28.9 Å². The van der Waals surface area contributed by atoms with Crippen LogP contribution in [0.15, 0.2) is 64.4 Å². The molecule has 1 aliphatic heterocycles. The van der Waals surface area contributed by atoms with Crippen LogP contribution in [0.25, 0.3) is 5.69 Å². The van der Waals surface area contributed by atoms with E-state index in [0.717, 1.165) is 25.3 Å². The number of H-pyrrole nitrogens is 1. The number of piperazine rings is 1. The molecule has 2 N–H and O–H groups in total. The Labute approximate surface area is 201 Å². The van der Waals surface area contributed by atoms with Gasteiger partial charge in [0.1, 0.15) is 0 Å². The molecule has 2 heterocycles. The van der Waals surface area contributed by atoms with Gasteiger partial charge >= 0.3 is 6.03 Å². The number of nitrogens with one attached hydrogen (secondary N) is 2. The summed E-state index contributed by atoms with van der Waals surface area (Å²) >= 11 is 0. The monoisotopic (exact) mass is 477 g/mol. The lowest BCUT2D eigenvalue weighted by Gasteiger charge is -2.34. The minimum Gasteiger partial charge on any atom is -0.322 e. The zero-order valence-electron chi connectivity index (χ0n) is 19.4. The van der Waals surface area contributed by atoms with E-state index in [4.69, 9.17) is 0 Å². The van der Waals surface area contributed by atoms with Crippen molar-refractivity contribution in [1.82, 2.24) is 19.6 Å². The Morgan fingerprint density at radius 1 is 1.11 bits per heavy atom. The van der Waals surface area contributed by atoms with Crippen LogP contribution in [0.4, 0.5) is 16.2 Å². The number of rotatable bonds is 7. The lowest BCUT2D eigenvalue weighted by molar-refractivity contribution is -0.384. The van der Waals surface area contributed by atoms with Gasteiger partial charge in [0.2, 0.25) is 0 Å². The van der Waals surface area contributed by atoms with Gasteiger partial charge in [0.25, 0.3) is 11.2 Å². The molecule has 2 aromatic carbocycles. The first-order valence-corrected chi connectivity index (χ1v) is 11.3. The number of hydrogen-bond donors (Lipinski definition) is 2. The minimum atomic E-state index is -0.482. The van der Waals surface area contributed by atoms with Crippen LogP contribution in [-0.4, -0.2) is 76.0 Å². The first kappa shape index (κ1) is 23.9. The summed E-state index contributed by atoms with van der Waals surface area (Å²) in [7, 11) is 0. The summed E-state index contributed by atoms with van der Waals surface area (Å²) in [5.41, 5.74) is 2.10. The van der Waals surface area contributed by atoms with Crippen LogP contribution < -0.4 is 10.9 Å². The Morgan fingerprint density at radius 3 is 2.46 bits per heavy atom. The smallest absolute Gasteiger partial charge is 0.321 e. The number of carbonyl (C=O) groups excluding carboxylic acids is 1. The maximum Gasteiger partial charge on any atom is 0.321 e. The molecule has 0 saturated carbocycles. The van der Waals surface area contributed by atoms with Crippen molar-refractivity contribution < 1.29 is 9.72 Å². The number of nitro benzene ring substituents is 1. The molecule has 182 valence electrons. The molecule has 0 atom stereocenters. The number of hydrogen-bond acceptors (Lipinski definition) is 6. The molecule has 11 nitrogen and oxygen atoms in total. The van der Waals surface area contributed by atoms with Crippen molar-refractivity contribution in [3.8, 4) is 5.69 Å². The number of non-ortho nitro benzene ring substituents is 1. The second-order valence-corrected chi connectivity index (χ2v) is 8.22. The summed E-state index contributed by atoms with van der Waals surface area (Å²) in [6, 6.07) is 15.1. The Morgan fingerprint density at radius 2 is 1.80 bits per heavy atom. The Balaban J connectivity index is 1.27. The zero-order chi connectivity index (χ0) is 24.8. The van der Waals surface area contributed by atoms with Crippen LogP contribution in [-0.2, 0) is 0 Å². The fourth-order valence-corrected chi connectivity index (χ4v) is 3.87. The molecule has 11 heteroatoms. The summed E-state index contributed by atoms with van der Waals surface area (Å²) in [5.74, 6) is 0. The molecule has 1 aliphatic rings. The van der Waals surface area contributed by atoms with Gasteiger partial charge in [0.15, 0.2) is 0 Å². The fourth-order valence-electron chi connectivity index (χ4n) is 3.87. The summed E-state index contributed by atoms with van der Waals surface area (Å²) in [4.78, 5) is 44.0. The standard InChI is InChI=1S/C24H27N7O4/c1-18-22(23(32)30(27-18)20-7-9-21(10-8-20)31(34)35)17-25-11-12-28-13-15-29(16-14-28)24(33)26-19-5-3-2-4-6-19/h2-10,17,27H,11-16H2,1H3,(H,26,33). The van der Waals surface area contributed by atoms with Gasteiger partial charge < -0.3 is 10.2 Å². The van der Waals surface area contributed by atoms with E-state index >= 15 is 0 Å². The number of nitrogens with zero attached hydrogens (tertiary/aromatic N) is 5. The SMILES string of the molecule is Cc1[nH]n(-c2ccc([N+](=O)[O-])cc2)c(=O)c1C=NCCN1CCN(C(=O)Nc2ccccc2)CC1. The van der Waals surface area contributed by atoms with E-state index in [2.05, 4.69) is 20.3 Å². The molecule has 4 rings (SSSR count). The molecule has 1 fully saturated rings. The van der Waals surface area contributed by atoms with Gasteiger partial charge in [-0.05, 0) is 31.2 Å². The van der Waals surface area contributed by atoms with Crippen molar-refractivity contribution in [1.29, 1.82) is 0 Å². The third-order valence-electron chi connectivity index (χ3n) is 5.89. The predicted molar refractivity (Wildman–Crippen MR) is 134 cm³/mol. The van der Waals surface area contributed by atoms with E-state index in [1.807, 2.05) is 30.3 Å². The summed E-state index contributed by atoms with van der Waals surface area (Å²) in [6.07, 6.45) is 1.57. The number of benzene rings is 2. The number of para-hydroxylation sites is 1. The van der Waals surface area contributed by atoms with Crippen molar-refractivity contribution >= 4 is 23.6 Å². The van der Waals surface area contributed by atoms with Gasteiger partial charge in [-0.25, -0.2) is 9.48 Å². The summed E-state index contributed by atoms with van der Waals surface area (Å²) in [6.45, 7) is 5.83. The highest BCUT2D eigenvalue weighted by molar-refractivity contribution is 5.89. The van der Waals surface area contributed by atoms with Crippen LogP contribution in [0.1, 0.15) is 11.3 Å². The molecular weight excluding hydrogens is 450 g/mol. The average Bonchev–Trinajstić information content (AvgIpc) is 3.16. The van der Waals surface area contributed by atoms with E-state index in [9.17, 15) is 19.7 Å². The summed E-state index contributed by atoms with van der Waals surface area (Å²) < 4.78 is 1.35. The number of carbonyl (C=O) groups is 1. The number of aliphatic imine (C=N–C) groups is 1. The Hall–Kier alpha value is -4.25. The molecule has 0 spiro atoms. The van der Waals surface area contributed by atoms with Crippen LogP contribution in [0.5, 0.6) is 0 Å². The quantitative estimate of drug-likeness (QED) is 0.307. The fraction of sp³-hybridized carbons (Fsp3) is 0.292. The molecule has 0 unspecified atom stereocenters. The second kappa shape index (κ2) is 10.8. The van der Waals surface area contributed by atoms with Gasteiger partial charge in [-0.1, -0.05) is 18.2 Å². The lowest BCUT2D eigenvalue weighted by Crippen LogP contribution is -2.50. The van der Waals surface area contributed by atoms with Gasteiger partial charge in [0, 0.05) is 62.5 Å². The number of amides is 2. The van der Waals surface area contributed by atoms with Crippen molar-refractivity contribution in [2.75, 3.05) is 44.6 Å². The van der Waals surface area contributed by atoms with Crippen LogP contribution in [0.2, 0.25) is 0 Å². The van der Waals surface area contributed by atoms with Gasteiger partial charge in [-0.2, -0.15) is 0 Å². The van der Waals surface area contributed by atoms with Crippen LogP contribution >= 0.6 is 0 Å². The molecule has 0 bridgehead atoms. The first-order valence-electron chi connectivity index (χ1n) is 11.3. The van der Waals surface area contributed by atoms with Crippen molar-refractivity contribution in [3.63, 3.8) is 0 Å². The zero-order valence-corrected chi connectivity index (χ0v) is 19.4. The molecule has 1 saturated heterocycles. The topological polar surface area (TPSA) is 129 Å². The van der Waals surface area contributed by atoms with Crippen LogP contribution in [0.3, 0.4) is 0 Å². The second-order valence-electron chi connectivity index (χ2n) is 8.22. The van der Waals surface area contributed by atoms with Crippen molar-refractivity contribution in [2.24, 2.45) is 4.99 Å². The Kier molecular flexibility index (Phi) is 7.36. The Bertz CT molecular complexity index is 1260. The third kappa shape index (κ3) is 5.82. The average molecular weight is 478 g/mol. The normalized spacial score (nSPS) is 14.4. The highest BCUT2D eigenvalue weighted by atomic mass is 16.6. The lowest BCUT2D eigenvalue weighted by atomic mass is 10.2. The highest BCUT2D eigenvalue weighted by Gasteiger charge is 2.20. The minimum absolute atomic E-state index is 0.0375. The molecule has 3 aromatic rings. The van der Waals surface area contributed by atoms with Crippen molar-refractivity contribution in [2.45, 2.75) is 6.92 Å². The number of anilines is 1. The van der Waals surface area contributed by atoms with Crippen LogP contribution in [0, 0.1) is 17.0 Å². The molecule has 2 amide bonds. The van der Waals surface area contributed by atoms with E-state index < -0.39 is 4.92 Å². The van der Waals surface area contributed by atoms with E-state index in [1.54, 1.807) is 18.0 Å². The summed E-state index contributed by atoms with van der Waals surface area (Å²) in [5, 5.41) is 16.7. The molecule has 35 heavy (non-hydrogen) atoms. The highest BCUT2D eigenvalue weighted by Crippen LogP contribution is 2.14. The molecule has 1 aromatic heterocycles. The predicted octanol–water partition coefficient (Wildman–Crippen LogP) is 2.65. The van der Waals surface area contributed by atoms with Crippen molar-refractivity contribution in [3.05, 3.63) is 86.3 Å². The molecule has 0 radical (unpaired) electrons. The maximum absolute atomic E-state index is 12.8. The van der Waals surface area contributed by atoms with Gasteiger partial charge in [0.05, 0.1) is 22.7 Å². The van der Waals surface area contributed by atoms with E-state index in [-0.39, 0.29) is 17.3 Å². The molecule has 0 aliphatic carbocycles. The number of urea groups is 1. The maximum atomic E-state index is 12.8. The number of nitro groups is 1. The third-order valence-corrected chi connectivity index (χ3v) is 5.89. The van der Waals surface area contributed by atoms with E-state index in [0.29, 0.717) is 36.6 Å². The first-order chi connectivity index (χ1) is 16.9. The molecular formula is C24H27N7O4. The number of aryl methyl sites for hydroxylation is 1. The van der Waals surface area contributed by atoms with Gasteiger partial charge in [-0.15, -0.1) is 0 Å². The van der Waals surface area contributed by atoms with Gasteiger partial charge in [-0.3, -0.25) is 29.9 Å². The number of aromatic nitrogens is 2. The number of aromatic amines is 1.